The number of nitrogens with zero attached hydrogens (tertiary/aromatic N) is 5. The molecular weight excluding hydrogens is 372 g/mol. The van der Waals surface area contributed by atoms with Crippen LogP contribution in [0.4, 0.5) is 17.5 Å². The van der Waals surface area contributed by atoms with Gasteiger partial charge in [-0.3, -0.25) is 4.79 Å². The van der Waals surface area contributed by atoms with Crippen LogP contribution < -0.4 is 20.7 Å². The van der Waals surface area contributed by atoms with Gasteiger partial charge in [-0.1, -0.05) is 0 Å². The first-order valence-corrected chi connectivity index (χ1v) is 9.04. The number of anilines is 3. The second kappa shape index (κ2) is 9.93. The Bertz CT molecular complexity index is 952. The molecule has 0 radical (unpaired) electrons. The molecule has 0 spiro atoms. The second-order valence-corrected chi connectivity index (χ2v) is 6.13. The van der Waals surface area contributed by atoms with E-state index in [2.05, 4.69) is 40.9 Å². The lowest BCUT2D eigenvalue weighted by Gasteiger charge is -2.11. The van der Waals surface area contributed by atoms with Crippen molar-refractivity contribution in [3.8, 4) is 6.01 Å². The number of amides is 1. The molecule has 0 fully saturated rings. The molecule has 0 aliphatic carbocycles. The summed E-state index contributed by atoms with van der Waals surface area (Å²) in [6.07, 6.45) is 4.83. The van der Waals surface area contributed by atoms with Gasteiger partial charge in [0.2, 0.25) is 0 Å². The SMILES string of the molecule is Cc1ccnc(Nc2cc(NCCNC(=O)COc3ncccn3)nc(C)n2)c1. The standard InChI is InChI=1S/C19H22N8O2/c1-13-4-7-20-15(10-13)27-17-11-16(25-14(2)26-17)21-8-9-22-18(28)12-29-19-23-5-3-6-24-19/h3-7,10-11H,8-9,12H2,1-2H3,(H,22,28)(H2,20,21,25,26,27). The summed E-state index contributed by atoms with van der Waals surface area (Å²) in [5.41, 5.74) is 1.10. The fraction of sp³-hybridized carbons (Fsp3) is 0.263. The predicted molar refractivity (Wildman–Crippen MR) is 108 cm³/mol. The van der Waals surface area contributed by atoms with E-state index in [0.29, 0.717) is 36.4 Å². The quantitative estimate of drug-likeness (QED) is 0.464. The second-order valence-electron chi connectivity index (χ2n) is 6.13. The predicted octanol–water partition coefficient (Wildman–Crippen LogP) is 1.63. The molecule has 3 aromatic heterocycles. The summed E-state index contributed by atoms with van der Waals surface area (Å²) in [6, 6.07) is 7.49. The van der Waals surface area contributed by atoms with Gasteiger partial charge in [0.15, 0.2) is 6.61 Å². The minimum absolute atomic E-state index is 0.145. The van der Waals surface area contributed by atoms with Crippen LogP contribution in [0.1, 0.15) is 11.4 Å². The first-order valence-electron chi connectivity index (χ1n) is 9.04. The molecular formula is C19H22N8O2. The summed E-state index contributed by atoms with van der Waals surface area (Å²) < 4.78 is 5.19. The van der Waals surface area contributed by atoms with Gasteiger partial charge in [0.1, 0.15) is 23.3 Å². The third-order valence-corrected chi connectivity index (χ3v) is 3.64. The Labute approximate surface area is 168 Å². The topological polar surface area (TPSA) is 127 Å². The molecule has 3 rings (SSSR count). The van der Waals surface area contributed by atoms with Gasteiger partial charge in [0, 0.05) is 37.7 Å². The molecule has 1 amide bonds. The Hall–Kier alpha value is -3.82. The molecule has 150 valence electrons. The van der Waals surface area contributed by atoms with E-state index in [0.717, 1.165) is 5.56 Å². The molecule has 0 aromatic carbocycles. The number of carbonyl (C=O) groups is 1. The van der Waals surface area contributed by atoms with E-state index in [1.165, 1.54) is 0 Å². The maximum Gasteiger partial charge on any atom is 0.316 e. The van der Waals surface area contributed by atoms with Crippen molar-refractivity contribution in [2.75, 3.05) is 30.3 Å². The molecule has 3 N–H and O–H groups in total. The van der Waals surface area contributed by atoms with Crippen LogP contribution in [-0.4, -0.2) is 50.5 Å². The van der Waals surface area contributed by atoms with Gasteiger partial charge >= 0.3 is 6.01 Å². The van der Waals surface area contributed by atoms with E-state index in [4.69, 9.17) is 4.74 Å². The number of hydrogen-bond acceptors (Lipinski definition) is 9. The summed E-state index contributed by atoms with van der Waals surface area (Å²) in [5, 5.41) is 9.07. The summed E-state index contributed by atoms with van der Waals surface area (Å²) in [6.45, 7) is 4.56. The Morgan fingerprint density at radius 2 is 1.76 bits per heavy atom. The van der Waals surface area contributed by atoms with Crippen LogP contribution in [0.25, 0.3) is 0 Å². The van der Waals surface area contributed by atoms with E-state index < -0.39 is 0 Å². The molecule has 3 heterocycles. The van der Waals surface area contributed by atoms with Crippen LogP contribution in [0.3, 0.4) is 0 Å². The lowest BCUT2D eigenvalue weighted by Crippen LogP contribution is -2.33. The summed E-state index contributed by atoms with van der Waals surface area (Å²) >= 11 is 0. The van der Waals surface area contributed by atoms with Gasteiger partial charge in [-0.15, -0.1) is 0 Å². The molecule has 0 unspecified atom stereocenters. The Morgan fingerprint density at radius 1 is 0.966 bits per heavy atom. The molecule has 0 aliphatic rings. The van der Waals surface area contributed by atoms with Crippen molar-refractivity contribution in [1.82, 2.24) is 30.2 Å². The molecule has 0 saturated heterocycles. The van der Waals surface area contributed by atoms with Crippen molar-refractivity contribution in [2.45, 2.75) is 13.8 Å². The molecule has 0 saturated carbocycles. The number of rotatable bonds is 9. The Morgan fingerprint density at radius 3 is 2.55 bits per heavy atom. The molecule has 29 heavy (non-hydrogen) atoms. The van der Waals surface area contributed by atoms with Gasteiger partial charge in [0.05, 0.1) is 0 Å². The third kappa shape index (κ3) is 6.69. The number of carbonyl (C=O) groups excluding carboxylic acids is 1. The van der Waals surface area contributed by atoms with E-state index in [-0.39, 0.29) is 18.5 Å². The Kier molecular flexibility index (Phi) is 6.82. The van der Waals surface area contributed by atoms with E-state index >= 15 is 0 Å². The van der Waals surface area contributed by atoms with Gasteiger partial charge < -0.3 is 20.7 Å². The van der Waals surface area contributed by atoms with Crippen molar-refractivity contribution in [3.63, 3.8) is 0 Å². The highest BCUT2D eigenvalue weighted by molar-refractivity contribution is 5.77. The van der Waals surface area contributed by atoms with Crippen molar-refractivity contribution >= 4 is 23.4 Å². The third-order valence-electron chi connectivity index (χ3n) is 3.64. The average molecular weight is 394 g/mol. The van der Waals surface area contributed by atoms with Crippen LogP contribution >= 0.6 is 0 Å². The minimum atomic E-state index is -0.258. The van der Waals surface area contributed by atoms with Crippen LogP contribution in [0.5, 0.6) is 6.01 Å². The largest absolute Gasteiger partial charge is 0.453 e. The number of pyridine rings is 1. The molecule has 3 aromatic rings. The monoisotopic (exact) mass is 394 g/mol. The minimum Gasteiger partial charge on any atom is -0.453 e. The van der Waals surface area contributed by atoms with Crippen LogP contribution in [0, 0.1) is 13.8 Å². The van der Waals surface area contributed by atoms with Crippen molar-refractivity contribution < 1.29 is 9.53 Å². The van der Waals surface area contributed by atoms with Crippen LogP contribution in [0.2, 0.25) is 0 Å². The molecule has 0 aliphatic heterocycles. The number of aromatic nitrogens is 5. The summed E-state index contributed by atoms with van der Waals surface area (Å²) in [4.78, 5) is 32.6. The highest BCUT2D eigenvalue weighted by Crippen LogP contribution is 2.16. The van der Waals surface area contributed by atoms with Crippen LogP contribution in [-0.2, 0) is 4.79 Å². The maximum atomic E-state index is 11.8. The first kappa shape index (κ1) is 19.9. The number of aryl methyl sites for hydroxylation is 2. The molecule has 10 nitrogen and oxygen atoms in total. The zero-order valence-corrected chi connectivity index (χ0v) is 16.2. The molecule has 10 heteroatoms. The number of hydrogen-bond donors (Lipinski definition) is 3. The van der Waals surface area contributed by atoms with Crippen molar-refractivity contribution in [2.24, 2.45) is 0 Å². The highest BCUT2D eigenvalue weighted by Gasteiger charge is 2.05. The Balaban J connectivity index is 1.44. The first-order chi connectivity index (χ1) is 14.1. The fourth-order valence-corrected chi connectivity index (χ4v) is 2.39. The zero-order valence-electron chi connectivity index (χ0n) is 16.2. The van der Waals surface area contributed by atoms with Crippen molar-refractivity contribution in [1.29, 1.82) is 0 Å². The van der Waals surface area contributed by atoms with Gasteiger partial charge in [-0.05, 0) is 37.6 Å². The van der Waals surface area contributed by atoms with Gasteiger partial charge in [-0.25, -0.2) is 24.9 Å². The van der Waals surface area contributed by atoms with E-state index in [1.807, 2.05) is 26.0 Å². The van der Waals surface area contributed by atoms with Gasteiger partial charge in [-0.2, -0.15) is 0 Å². The van der Waals surface area contributed by atoms with Crippen molar-refractivity contribution in [3.05, 3.63) is 54.2 Å². The number of ether oxygens (including phenoxy) is 1. The zero-order chi connectivity index (χ0) is 20.5. The lowest BCUT2D eigenvalue weighted by atomic mass is 10.3. The molecule has 0 bridgehead atoms. The number of nitrogens with one attached hydrogen (secondary N) is 3. The van der Waals surface area contributed by atoms with E-state index in [9.17, 15) is 4.79 Å². The maximum absolute atomic E-state index is 11.8. The summed E-state index contributed by atoms with van der Waals surface area (Å²) in [5.74, 6) is 2.36. The highest BCUT2D eigenvalue weighted by atomic mass is 16.5. The molecule has 0 atom stereocenters. The average Bonchev–Trinajstić information content (AvgIpc) is 2.70. The van der Waals surface area contributed by atoms with Crippen LogP contribution in [0.15, 0.2) is 42.9 Å². The van der Waals surface area contributed by atoms with E-state index in [1.54, 1.807) is 30.7 Å². The smallest absolute Gasteiger partial charge is 0.316 e. The summed E-state index contributed by atoms with van der Waals surface area (Å²) in [7, 11) is 0. The van der Waals surface area contributed by atoms with Gasteiger partial charge in [0.25, 0.3) is 5.91 Å². The normalized spacial score (nSPS) is 10.3. The fourth-order valence-electron chi connectivity index (χ4n) is 2.39. The lowest BCUT2D eigenvalue weighted by molar-refractivity contribution is -0.123.